The summed E-state index contributed by atoms with van der Waals surface area (Å²) in [7, 11) is 0. The van der Waals surface area contributed by atoms with E-state index >= 15 is 0 Å². The van der Waals surface area contributed by atoms with Crippen molar-refractivity contribution in [3.05, 3.63) is 64.4 Å². The van der Waals surface area contributed by atoms with E-state index in [9.17, 15) is 14.0 Å². The van der Waals surface area contributed by atoms with Crippen molar-refractivity contribution in [3.8, 4) is 16.3 Å². The Kier molecular flexibility index (Phi) is 5.84. The van der Waals surface area contributed by atoms with Crippen LogP contribution in [0.25, 0.3) is 10.6 Å². The third kappa shape index (κ3) is 4.61. The van der Waals surface area contributed by atoms with Crippen LogP contribution in [0.2, 0.25) is 0 Å². The first-order valence-corrected chi connectivity index (χ1v) is 9.42. The molecule has 0 radical (unpaired) electrons. The van der Waals surface area contributed by atoms with E-state index in [0.29, 0.717) is 21.9 Å². The summed E-state index contributed by atoms with van der Waals surface area (Å²) < 4.78 is 19.0. The van der Waals surface area contributed by atoms with Crippen molar-refractivity contribution in [2.75, 3.05) is 11.9 Å². The van der Waals surface area contributed by atoms with E-state index < -0.39 is 0 Å². The fourth-order valence-corrected chi connectivity index (χ4v) is 3.52. The number of carbonyl (C=O) groups is 2. The van der Waals surface area contributed by atoms with Gasteiger partial charge in [-0.2, -0.15) is 0 Å². The molecule has 28 heavy (non-hydrogen) atoms. The molecule has 0 spiro atoms. The van der Waals surface area contributed by atoms with Crippen LogP contribution in [0.1, 0.15) is 27.9 Å². The second kappa shape index (κ2) is 8.31. The Hall–Kier alpha value is -3.06. The Bertz CT molecular complexity index is 1030. The zero-order valence-corrected chi connectivity index (χ0v) is 16.5. The van der Waals surface area contributed by atoms with Gasteiger partial charge in [-0.1, -0.05) is 6.07 Å². The summed E-state index contributed by atoms with van der Waals surface area (Å²) in [6.07, 6.45) is 0. The predicted molar refractivity (Wildman–Crippen MR) is 108 cm³/mol. The van der Waals surface area contributed by atoms with Gasteiger partial charge in [0.15, 0.2) is 12.4 Å². The average molecular weight is 398 g/mol. The number of thiazole rings is 1. The van der Waals surface area contributed by atoms with E-state index in [1.165, 1.54) is 24.3 Å². The predicted octanol–water partition coefficient (Wildman–Crippen LogP) is 4.79. The Morgan fingerprint density at radius 2 is 1.86 bits per heavy atom. The highest BCUT2D eigenvalue weighted by Crippen LogP contribution is 2.29. The molecular weight excluding hydrogens is 379 g/mol. The zero-order chi connectivity index (χ0) is 20.3. The second-order valence-electron chi connectivity index (χ2n) is 6.31. The van der Waals surface area contributed by atoms with Gasteiger partial charge < -0.3 is 10.1 Å². The van der Waals surface area contributed by atoms with Crippen molar-refractivity contribution < 1.29 is 18.7 Å². The van der Waals surface area contributed by atoms with Gasteiger partial charge in [-0.25, -0.2) is 9.37 Å². The molecule has 5 nitrogen and oxygen atoms in total. The number of rotatable bonds is 6. The number of ether oxygens (including phenoxy) is 1. The van der Waals surface area contributed by atoms with Crippen LogP contribution in [-0.4, -0.2) is 23.3 Å². The summed E-state index contributed by atoms with van der Waals surface area (Å²) in [5, 5.41) is 3.35. The zero-order valence-electron chi connectivity index (χ0n) is 15.7. The maximum atomic E-state index is 13.5. The number of aromatic nitrogens is 1. The summed E-state index contributed by atoms with van der Waals surface area (Å²) in [6, 6.07) is 11.6. The summed E-state index contributed by atoms with van der Waals surface area (Å²) in [5.41, 5.74) is 2.48. The molecule has 0 saturated carbocycles. The van der Waals surface area contributed by atoms with Crippen molar-refractivity contribution in [3.63, 3.8) is 0 Å². The van der Waals surface area contributed by atoms with E-state index in [1.54, 1.807) is 31.2 Å². The number of carbonyl (C=O) groups excluding carboxylic acids is 2. The van der Waals surface area contributed by atoms with Gasteiger partial charge in [0.1, 0.15) is 16.6 Å². The Morgan fingerprint density at radius 1 is 1.14 bits per heavy atom. The van der Waals surface area contributed by atoms with Crippen LogP contribution >= 0.6 is 11.3 Å². The highest BCUT2D eigenvalue weighted by Gasteiger charge is 2.13. The first kappa shape index (κ1) is 19.7. The molecule has 0 aliphatic rings. The van der Waals surface area contributed by atoms with Crippen LogP contribution in [0.4, 0.5) is 10.1 Å². The molecule has 0 aliphatic carbocycles. The molecule has 0 saturated heterocycles. The monoisotopic (exact) mass is 398 g/mol. The van der Waals surface area contributed by atoms with Crippen LogP contribution in [0.5, 0.6) is 5.75 Å². The van der Waals surface area contributed by atoms with Gasteiger partial charge in [0.25, 0.3) is 5.91 Å². The molecule has 0 fully saturated rings. The number of benzene rings is 2. The highest BCUT2D eigenvalue weighted by molar-refractivity contribution is 7.17. The first-order chi connectivity index (χ1) is 13.3. The summed E-state index contributed by atoms with van der Waals surface area (Å²) in [5.74, 6) is -0.233. The molecule has 0 bridgehead atoms. The molecular formula is C21H19FN2O3S. The standard InChI is InChI=1S/C21H19FN2O3S/c1-12-4-7-16(10-18(12)22)24-19(26)11-27-17-8-5-15(6-9-17)21-23-13(2)20(28-21)14(3)25/h4-10H,11H2,1-3H3,(H,24,26). The van der Waals surface area contributed by atoms with Crippen LogP contribution in [0.15, 0.2) is 42.5 Å². The largest absolute Gasteiger partial charge is 0.484 e. The molecule has 0 unspecified atom stereocenters. The van der Waals surface area contributed by atoms with Crippen LogP contribution < -0.4 is 10.1 Å². The lowest BCUT2D eigenvalue weighted by atomic mass is 10.2. The molecule has 3 aromatic rings. The van der Waals surface area contributed by atoms with Crippen molar-refractivity contribution in [1.29, 1.82) is 0 Å². The normalized spacial score (nSPS) is 10.6. The third-order valence-electron chi connectivity index (χ3n) is 4.04. The molecule has 3 rings (SSSR count). The molecule has 2 aromatic carbocycles. The molecule has 1 heterocycles. The Balaban J connectivity index is 1.59. The number of anilines is 1. The molecule has 0 aliphatic heterocycles. The van der Waals surface area contributed by atoms with Crippen LogP contribution in [-0.2, 0) is 4.79 Å². The molecule has 1 N–H and O–H groups in total. The van der Waals surface area contributed by atoms with E-state index in [2.05, 4.69) is 10.3 Å². The number of nitrogens with one attached hydrogen (secondary N) is 1. The Morgan fingerprint density at radius 3 is 2.46 bits per heavy atom. The lowest BCUT2D eigenvalue weighted by molar-refractivity contribution is -0.118. The molecule has 1 aromatic heterocycles. The van der Waals surface area contributed by atoms with Crippen molar-refractivity contribution in [2.24, 2.45) is 0 Å². The lowest BCUT2D eigenvalue weighted by Crippen LogP contribution is -2.20. The number of amides is 1. The van der Waals surface area contributed by atoms with E-state index in [4.69, 9.17) is 4.74 Å². The fraction of sp³-hybridized carbons (Fsp3) is 0.190. The molecule has 0 atom stereocenters. The van der Waals surface area contributed by atoms with Gasteiger partial charge in [-0.15, -0.1) is 11.3 Å². The minimum atomic E-state index is -0.381. The summed E-state index contributed by atoms with van der Waals surface area (Å²) in [4.78, 5) is 28.6. The van der Waals surface area contributed by atoms with Gasteiger partial charge in [0, 0.05) is 18.2 Å². The average Bonchev–Trinajstić information content (AvgIpc) is 3.05. The van der Waals surface area contributed by atoms with Gasteiger partial charge in [0.2, 0.25) is 0 Å². The molecule has 7 heteroatoms. The number of hydrogen-bond acceptors (Lipinski definition) is 5. The van der Waals surface area contributed by atoms with Gasteiger partial charge >= 0.3 is 0 Å². The van der Waals surface area contributed by atoms with Crippen LogP contribution in [0.3, 0.4) is 0 Å². The maximum absolute atomic E-state index is 13.5. The summed E-state index contributed by atoms with van der Waals surface area (Å²) in [6.45, 7) is 4.80. The SMILES string of the molecule is CC(=O)c1sc(-c2ccc(OCC(=O)Nc3ccc(C)c(F)c3)cc2)nc1C. The minimum absolute atomic E-state index is 0.000624. The number of aryl methyl sites for hydroxylation is 2. The van der Waals surface area contributed by atoms with E-state index in [1.807, 2.05) is 19.1 Å². The highest BCUT2D eigenvalue weighted by atomic mass is 32.1. The van der Waals surface area contributed by atoms with Crippen LogP contribution in [0, 0.1) is 19.7 Å². The van der Waals surface area contributed by atoms with Crippen molar-refractivity contribution in [2.45, 2.75) is 20.8 Å². The minimum Gasteiger partial charge on any atom is -0.484 e. The van der Waals surface area contributed by atoms with E-state index in [-0.39, 0.29) is 24.1 Å². The quantitative estimate of drug-likeness (QED) is 0.607. The molecule has 1 amide bonds. The number of halogens is 1. The smallest absolute Gasteiger partial charge is 0.262 e. The van der Waals surface area contributed by atoms with E-state index in [0.717, 1.165) is 16.3 Å². The lowest BCUT2D eigenvalue weighted by Gasteiger charge is -2.08. The number of Topliss-reactive ketones (excluding diaryl/α,β-unsaturated/α-hetero) is 1. The molecule has 144 valence electrons. The fourth-order valence-electron chi connectivity index (χ4n) is 2.56. The Labute approximate surface area is 166 Å². The van der Waals surface area contributed by atoms with Gasteiger partial charge in [0.05, 0.1) is 10.6 Å². The first-order valence-electron chi connectivity index (χ1n) is 8.61. The topological polar surface area (TPSA) is 68.3 Å². The number of nitrogens with zero attached hydrogens (tertiary/aromatic N) is 1. The number of hydrogen-bond donors (Lipinski definition) is 1. The maximum Gasteiger partial charge on any atom is 0.262 e. The van der Waals surface area contributed by atoms with Crippen molar-refractivity contribution in [1.82, 2.24) is 4.98 Å². The second-order valence-corrected chi connectivity index (χ2v) is 7.31. The summed E-state index contributed by atoms with van der Waals surface area (Å²) >= 11 is 1.35. The van der Waals surface area contributed by atoms with Gasteiger partial charge in [-0.05, 0) is 55.8 Å². The van der Waals surface area contributed by atoms with Gasteiger partial charge in [-0.3, -0.25) is 9.59 Å². The number of ketones is 1. The third-order valence-corrected chi connectivity index (χ3v) is 5.35. The van der Waals surface area contributed by atoms with Crippen molar-refractivity contribution >= 4 is 28.7 Å².